The molecule has 0 aliphatic heterocycles. The molecule has 1 rings (SSSR count). The van der Waals surface area contributed by atoms with Crippen LogP contribution in [0.1, 0.15) is 6.92 Å². The Hall–Kier alpha value is -0.530. The Morgan fingerprint density at radius 1 is 1.33 bits per heavy atom. The topological polar surface area (TPSA) is 29.1 Å². The van der Waals surface area contributed by atoms with Crippen LogP contribution < -0.4 is 5.32 Å². The normalized spacial score (nSPS) is 14.0. The van der Waals surface area contributed by atoms with Crippen molar-refractivity contribution in [2.75, 3.05) is 24.8 Å². The van der Waals surface area contributed by atoms with Crippen molar-refractivity contribution in [3.8, 4) is 0 Å². The molecule has 0 aliphatic carbocycles. The number of benzene rings is 1. The first-order valence-electron chi connectivity index (χ1n) is 4.96. The van der Waals surface area contributed by atoms with Gasteiger partial charge in [-0.05, 0) is 0 Å². The number of nitrogens with one attached hydrogen (secondary N) is 1. The molecule has 0 aromatic heterocycles. The van der Waals surface area contributed by atoms with E-state index in [0.29, 0.717) is 0 Å². The van der Waals surface area contributed by atoms with E-state index in [9.17, 15) is 4.79 Å². The molecule has 0 unspecified atom stereocenters. The van der Waals surface area contributed by atoms with Crippen molar-refractivity contribution in [3.05, 3.63) is 30.3 Å². The Bertz CT molecular complexity index is 356. The first kappa shape index (κ1) is 12.5. The molecule has 1 amide bonds. The predicted molar refractivity (Wildman–Crippen MR) is 73.8 cm³/mol. The zero-order chi connectivity index (χ0) is 11.6. The molecule has 4 heteroatoms. The van der Waals surface area contributed by atoms with E-state index in [2.05, 4.69) is 17.6 Å². The summed E-state index contributed by atoms with van der Waals surface area (Å²) >= 11 is 4.59. The number of hydrogen-bond acceptors (Lipinski definition) is 2. The van der Waals surface area contributed by atoms with Crippen LogP contribution in [-0.2, 0) is 0 Å². The molecule has 0 saturated carbocycles. The van der Waals surface area contributed by atoms with Crippen LogP contribution in [-0.4, -0.2) is 25.1 Å². The molecule has 0 saturated heterocycles. The van der Waals surface area contributed by atoms with Gasteiger partial charge in [0.15, 0.2) is 0 Å². The summed E-state index contributed by atoms with van der Waals surface area (Å²) in [5, 5.41) is 2.92. The average molecular weight is 243 g/mol. The van der Waals surface area contributed by atoms with Gasteiger partial charge in [0, 0.05) is 0 Å². The number of carbonyl (C=O) groups is 1. The standard InChI is InChI=1S/C11H18NOPS/c1-4-14(2,3,15)11(13)12-10-8-6-5-7-9-10/h5-9,15H,4H2,1-3H3,(H,12,13). The Kier molecular flexibility index (Phi) is 3.47. The number of anilines is 1. The Balaban J connectivity index is 2.82. The van der Waals surface area contributed by atoms with Crippen LogP contribution in [0.2, 0.25) is 0 Å². The summed E-state index contributed by atoms with van der Waals surface area (Å²) in [7, 11) is 0. The third-order valence-electron chi connectivity index (χ3n) is 2.60. The van der Waals surface area contributed by atoms with Gasteiger partial charge in [-0.25, -0.2) is 0 Å². The number of thiol groups is 1. The molecule has 0 radical (unpaired) electrons. The number of rotatable bonds is 3. The minimum absolute atomic E-state index is 0.0537. The third kappa shape index (κ3) is 3.22. The monoisotopic (exact) mass is 243 g/mol. The van der Waals surface area contributed by atoms with Crippen LogP contribution >= 0.6 is 18.1 Å². The van der Waals surface area contributed by atoms with Gasteiger partial charge >= 0.3 is 96.2 Å². The summed E-state index contributed by atoms with van der Waals surface area (Å²) in [6.07, 6.45) is 0.799. The summed E-state index contributed by atoms with van der Waals surface area (Å²) in [6, 6.07) is 9.50. The molecule has 2 nitrogen and oxygen atoms in total. The molecule has 1 N–H and O–H groups in total. The van der Waals surface area contributed by atoms with Gasteiger partial charge in [0.05, 0.1) is 0 Å². The maximum atomic E-state index is 12.1. The van der Waals surface area contributed by atoms with Crippen LogP contribution in [0.3, 0.4) is 0 Å². The fourth-order valence-corrected chi connectivity index (χ4v) is 1.88. The van der Waals surface area contributed by atoms with Gasteiger partial charge in [-0.1, -0.05) is 0 Å². The molecule has 0 fully saturated rings. The van der Waals surface area contributed by atoms with Crippen LogP contribution in [0.15, 0.2) is 30.3 Å². The molecule has 0 atom stereocenters. The van der Waals surface area contributed by atoms with Crippen molar-refractivity contribution in [2.24, 2.45) is 0 Å². The summed E-state index contributed by atoms with van der Waals surface area (Å²) in [6.45, 7) is 5.94. The first-order valence-corrected chi connectivity index (χ1v) is 9.42. The van der Waals surface area contributed by atoms with Crippen molar-refractivity contribution in [3.63, 3.8) is 0 Å². The molecule has 0 heterocycles. The van der Waals surface area contributed by atoms with Crippen LogP contribution in [0, 0.1) is 0 Å². The van der Waals surface area contributed by atoms with E-state index in [1.54, 1.807) is 0 Å². The van der Waals surface area contributed by atoms with Crippen LogP contribution in [0.4, 0.5) is 10.5 Å². The van der Waals surface area contributed by atoms with E-state index >= 15 is 0 Å². The number of carbonyl (C=O) groups excluding carboxylic acids is 1. The molecular weight excluding hydrogens is 225 g/mol. The van der Waals surface area contributed by atoms with Crippen molar-refractivity contribution in [1.29, 1.82) is 0 Å². The van der Waals surface area contributed by atoms with Gasteiger partial charge in [-0.3, -0.25) is 0 Å². The van der Waals surface area contributed by atoms with Gasteiger partial charge in [-0.15, -0.1) is 0 Å². The second kappa shape index (κ2) is 4.15. The Morgan fingerprint density at radius 3 is 2.33 bits per heavy atom. The van der Waals surface area contributed by atoms with Crippen molar-refractivity contribution >= 4 is 29.4 Å². The van der Waals surface area contributed by atoms with E-state index in [-0.39, 0.29) is 5.65 Å². The van der Waals surface area contributed by atoms with Crippen molar-refractivity contribution in [1.82, 2.24) is 0 Å². The first-order chi connectivity index (χ1) is 6.83. The fraction of sp³-hybridized carbons (Fsp3) is 0.364. The number of hydrogen-bond donors (Lipinski definition) is 2. The maximum absolute atomic E-state index is 12.1. The number of amides is 1. The zero-order valence-electron chi connectivity index (χ0n) is 9.40. The fourth-order valence-electron chi connectivity index (χ4n) is 0.965. The van der Waals surface area contributed by atoms with Gasteiger partial charge in [-0.2, -0.15) is 0 Å². The second-order valence-corrected chi connectivity index (χ2v) is 14.0. The van der Waals surface area contributed by atoms with E-state index in [0.717, 1.165) is 11.8 Å². The zero-order valence-corrected chi connectivity index (χ0v) is 11.2. The molecule has 1 aromatic carbocycles. The van der Waals surface area contributed by atoms with E-state index in [1.807, 2.05) is 50.6 Å². The minimum atomic E-state index is -2.49. The summed E-state index contributed by atoms with van der Waals surface area (Å²) < 4.78 is 0. The van der Waals surface area contributed by atoms with Crippen molar-refractivity contribution < 1.29 is 4.79 Å². The molecular formula is C11H18NOPS. The third-order valence-corrected chi connectivity index (χ3v) is 7.25. The van der Waals surface area contributed by atoms with Crippen LogP contribution in [0.5, 0.6) is 0 Å². The van der Waals surface area contributed by atoms with Crippen LogP contribution in [0.25, 0.3) is 0 Å². The molecule has 1 aromatic rings. The molecule has 84 valence electrons. The van der Waals surface area contributed by atoms with E-state index < -0.39 is 5.81 Å². The SMILES string of the molecule is CCP(C)(C)(S)C(=O)Nc1ccccc1. The molecule has 0 bridgehead atoms. The summed E-state index contributed by atoms with van der Waals surface area (Å²) in [5.74, 6) is -2.49. The summed E-state index contributed by atoms with van der Waals surface area (Å²) in [5.41, 5.74) is 0.890. The molecule has 0 spiro atoms. The van der Waals surface area contributed by atoms with Gasteiger partial charge in [0.1, 0.15) is 0 Å². The van der Waals surface area contributed by atoms with Gasteiger partial charge in [0.2, 0.25) is 0 Å². The van der Waals surface area contributed by atoms with Crippen molar-refractivity contribution in [2.45, 2.75) is 6.92 Å². The Morgan fingerprint density at radius 2 is 1.87 bits per heavy atom. The second-order valence-electron chi connectivity index (χ2n) is 4.44. The number of para-hydroxylation sites is 1. The van der Waals surface area contributed by atoms with E-state index in [4.69, 9.17) is 0 Å². The van der Waals surface area contributed by atoms with E-state index in [1.165, 1.54) is 0 Å². The molecule has 15 heavy (non-hydrogen) atoms. The molecule has 0 aliphatic rings. The summed E-state index contributed by atoms with van der Waals surface area (Å²) in [4.78, 5) is 12.1. The average Bonchev–Trinajstić information content (AvgIpc) is 2.19. The van der Waals surface area contributed by atoms with Gasteiger partial charge in [0.25, 0.3) is 0 Å². The quantitative estimate of drug-likeness (QED) is 0.612. The predicted octanol–water partition coefficient (Wildman–Crippen LogP) is 3.90. The van der Waals surface area contributed by atoms with Gasteiger partial charge < -0.3 is 0 Å². The Labute approximate surface area is 96.5 Å².